The maximum atomic E-state index is 11.1. The summed E-state index contributed by atoms with van der Waals surface area (Å²) in [5.41, 5.74) is 1.13. The Labute approximate surface area is 90.3 Å². The van der Waals surface area contributed by atoms with Gasteiger partial charge in [-0.15, -0.1) is 0 Å². The van der Waals surface area contributed by atoms with Crippen molar-refractivity contribution in [2.45, 2.75) is 19.4 Å². The van der Waals surface area contributed by atoms with Crippen molar-refractivity contribution in [3.8, 4) is 0 Å². The highest BCUT2D eigenvalue weighted by Crippen LogP contribution is 2.07. The number of carbonyl (C=O) groups is 1. The van der Waals surface area contributed by atoms with Gasteiger partial charge in [0, 0.05) is 14.0 Å². The van der Waals surface area contributed by atoms with Crippen molar-refractivity contribution < 1.29 is 9.90 Å². The molecule has 0 heterocycles. The molecule has 0 aromatic heterocycles. The van der Waals surface area contributed by atoms with E-state index in [1.165, 1.54) is 6.92 Å². The molecule has 1 amide bonds. The quantitative estimate of drug-likeness (QED) is 0.802. The van der Waals surface area contributed by atoms with Gasteiger partial charge >= 0.3 is 0 Å². The zero-order valence-corrected chi connectivity index (χ0v) is 9.18. The molecule has 1 N–H and O–H groups in total. The number of carbonyl (C=O) groups excluding carboxylic acids is 1. The summed E-state index contributed by atoms with van der Waals surface area (Å²) in [6.45, 7) is 1.50. The van der Waals surface area contributed by atoms with Gasteiger partial charge in [0.2, 0.25) is 5.91 Å². The van der Waals surface area contributed by atoms with E-state index in [-0.39, 0.29) is 18.6 Å². The molecule has 0 saturated heterocycles. The average molecular weight is 207 g/mol. The number of aliphatic hydroxyl groups excluding tert-OH is 1. The number of hydrogen-bond acceptors (Lipinski definition) is 2. The zero-order valence-electron chi connectivity index (χ0n) is 9.18. The van der Waals surface area contributed by atoms with Crippen molar-refractivity contribution in [1.29, 1.82) is 0 Å². The Hall–Kier alpha value is -1.35. The molecule has 1 atom stereocenters. The van der Waals surface area contributed by atoms with Crippen molar-refractivity contribution in [3.63, 3.8) is 0 Å². The Morgan fingerprint density at radius 2 is 2.00 bits per heavy atom. The molecule has 0 aliphatic carbocycles. The molecule has 0 unspecified atom stereocenters. The monoisotopic (exact) mass is 207 g/mol. The largest absolute Gasteiger partial charge is 0.394 e. The first kappa shape index (κ1) is 11.7. The topological polar surface area (TPSA) is 40.5 Å². The molecule has 3 nitrogen and oxygen atoms in total. The van der Waals surface area contributed by atoms with E-state index in [4.69, 9.17) is 0 Å². The number of rotatable bonds is 4. The smallest absolute Gasteiger partial charge is 0.219 e. The fourth-order valence-corrected chi connectivity index (χ4v) is 1.47. The number of likely N-dealkylation sites (N-methyl/N-ethyl adjacent to an activating group) is 1. The van der Waals surface area contributed by atoms with E-state index in [2.05, 4.69) is 0 Å². The molecular formula is C12H17NO2. The van der Waals surface area contributed by atoms with Crippen LogP contribution in [0.2, 0.25) is 0 Å². The van der Waals surface area contributed by atoms with Crippen LogP contribution in [0.4, 0.5) is 0 Å². The van der Waals surface area contributed by atoms with Gasteiger partial charge < -0.3 is 10.0 Å². The first-order chi connectivity index (χ1) is 7.15. The van der Waals surface area contributed by atoms with Crippen LogP contribution in [0, 0.1) is 0 Å². The molecule has 0 aliphatic heterocycles. The van der Waals surface area contributed by atoms with Gasteiger partial charge in [-0.25, -0.2) is 0 Å². The van der Waals surface area contributed by atoms with Crippen LogP contribution < -0.4 is 0 Å². The van der Waals surface area contributed by atoms with Gasteiger partial charge in [-0.1, -0.05) is 30.3 Å². The molecule has 0 aliphatic rings. The zero-order chi connectivity index (χ0) is 11.3. The van der Waals surface area contributed by atoms with Gasteiger partial charge in [-0.2, -0.15) is 0 Å². The highest BCUT2D eigenvalue weighted by molar-refractivity contribution is 5.73. The van der Waals surface area contributed by atoms with Gasteiger partial charge in [0.15, 0.2) is 0 Å². The molecule has 0 saturated carbocycles. The average Bonchev–Trinajstić information content (AvgIpc) is 2.26. The van der Waals surface area contributed by atoms with Crippen LogP contribution in [-0.4, -0.2) is 35.6 Å². The SMILES string of the molecule is CC(=O)N(C)[C@H](CO)Cc1ccccc1. The summed E-state index contributed by atoms with van der Waals surface area (Å²) in [7, 11) is 1.71. The van der Waals surface area contributed by atoms with Crippen molar-refractivity contribution in [1.82, 2.24) is 4.90 Å². The third-order valence-corrected chi connectivity index (χ3v) is 2.57. The fraction of sp³-hybridized carbons (Fsp3) is 0.417. The predicted octanol–water partition coefficient (Wildman–Crippen LogP) is 1.07. The Bertz CT molecular complexity index is 311. The lowest BCUT2D eigenvalue weighted by Crippen LogP contribution is -2.39. The third kappa shape index (κ3) is 3.36. The molecule has 0 radical (unpaired) electrons. The fourth-order valence-electron chi connectivity index (χ4n) is 1.47. The lowest BCUT2D eigenvalue weighted by molar-refractivity contribution is -0.130. The highest BCUT2D eigenvalue weighted by Gasteiger charge is 2.16. The van der Waals surface area contributed by atoms with Crippen molar-refractivity contribution in [2.24, 2.45) is 0 Å². The number of nitrogens with zero attached hydrogens (tertiary/aromatic N) is 1. The van der Waals surface area contributed by atoms with E-state index < -0.39 is 0 Å². The van der Waals surface area contributed by atoms with Crippen LogP contribution in [0.1, 0.15) is 12.5 Å². The minimum absolute atomic E-state index is 0.00895. The second-order valence-electron chi connectivity index (χ2n) is 3.66. The second kappa shape index (κ2) is 5.51. The minimum atomic E-state index is -0.134. The van der Waals surface area contributed by atoms with Gasteiger partial charge in [0.25, 0.3) is 0 Å². The van der Waals surface area contributed by atoms with E-state index in [0.717, 1.165) is 5.56 Å². The van der Waals surface area contributed by atoms with E-state index >= 15 is 0 Å². The van der Waals surface area contributed by atoms with Crippen LogP contribution in [0.5, 0.6) is 0 Å². The van der Waals surface area contributed by atoms with Crippen LogP contribution >= 0.6 is 0 Å². The first-order valence-corrected chi connectivity index (χ1v) is 5.03. The van der Waals surface area contributed by atoms with Crippen molar-refractivity contribution in [3.05, 3.63) is 35.9 Å². The molecular weight excluding hydrogens is 190 g/mol. The van der Waals surface area contributed by atoms with Crippen LogP contribution in [0.3, 0.4) is 0 Å². The Balaban J connectivity index is 2.66. The minimum Gasteiger partial charge on any atom is -0.394 e. The number of amides is 1. The summed E-state index contributed by atoms with van der Waals surface area (Å²) in [6, 6.07) is 9.72. The normalized spacial score (nSPS) is 12.2. The summed E-state index contributed by atoms with van der Waals surface area (Å²) in [5, 5.41) is 9.21. The number of aliphatic hydroxyl groups is 1. The van der Waals surface area contributed by atoms with Gasteiger partial charge in [-0.3, -0.25) is 4.79 Å². The number of benzene rings is 1. The Morgan fingerprint density at radius 1 is 1.40 bits per heavy atom. The molecule has 1 aromatic rings. The van der Waals surface area contributed by atoms with Gasteiger partial charge in [0.1, 0.15) is 0 Å². The Morgan fingerprint density at radius 3 is 2.47 bits per heavy atom. The molecule has 0 fully saturated rings. The van der Waals surface area contributed by atoms with E-state index in [1.54, 1.807) is 11.9 Å². The van der Waals surface area contributed by atoms with Gasteiger partial charge in [0.05, 0.1) is 12.6 Å². The van der Waals surface area contributed by atoms with E-state index in [1.807, 2.05) is 30.3 Å². The van der Waals surface area contributed by atoms with Crippen molar-refractivity contribution in [2.75, 3.05) is 13.7 Å². The molecule has 0 spiro atoms. The first-order valence-electron chi connectivity index (χ1n) is 5.03. The molecule has 15 heavy (non-hydrogen) atoms. The highest BCUT2D eigenvalue weighted by atomic mass is 16.3. The van der Waals surface area contributed by atoms with Crippen LogP contribution in [0.25, 0.3) is 0 Å². The standard InChI is InChI=1S/C12H17NO2/c1-10(15)13(2)12(9-14)8-11-6-4-3-5-7-11/h3-7,12,14H,8-9H2,1-2H3/t12-/m0/s1. The molecule has 1 aromatic carbocycles. The van der Waals surface area contributed by atoms with E-state index in [0.29, 0.717) is 6.42 Å². The molecule has 82 valence electrons. The van der Waals surface area contributed by atoms with Crippen LogP contribution in [0.15, 0.2) is 30.3 Å². The summed E-state index contributed by atoms with van der Waals surface area (Å²) in [4.78, 5) is 12.7. The molecule has 3 heteroatoms. The maximum Gasteiger partial charge on any atom is 0.219 e. The lowest BCUT2D eigenvalue weighted by atomic mass is 10.1. The maximum absolute atomic E-state index is 11.1. The van der Waals surface area contributed by atoms with Gasteiger partial charge in [-0.05, 0) is 12.0 Å². The molecule has 1 rings (SSSR count). The third-order valence-electron chi connectivity index (χ3n) is 2.57. The van der Waals surface area contributed by atoms with Crippen molar-refractivity contribution >= 4 is 5.91 Å². The predicted molar refractivity (Wildman–Crippen MR) is 59.5 cm³/mol. The lowest BCUT2D eigenvalue weighted by Gasteiger charge is -2.25. The summed E-state index contributed by atoms with van der Waals surface area (Å²) in [5.74, 6) is -0.0232. The van der Waals surface area contributed by atoms with Crippen LogP contribution in [-0.2, 0) is 11.2 Å². The summed E-state index contributed by atoms with van der Waals surface area (Å²) < 4.78 is 0. The second-order valence-corrected chi connectivity index (χ2v) is 3.66. The summed E-state index contributed by atoms with van der Waals surface area (Å²) in [6.07, 6.45) is 0.688. The summed E-state index contributed by atoms with van der Waals surface area (Å²) >= 11 is 0. The van der Waals surface area contributed by atoms with E-state index in [9.17, 15) is 9.90 Å². The Kier molecular flexibility index (Phi) is 4.31. The number of hydrogen-bond donors (Lipinski definition) is 1. The molecule has 0 bridgehead atoms.